The van der Waals surface area contributed by atoms with Crippen LogP contribution in [0.25, 0.3) is 0 Å². The van der Waals surface area contributed by atoms with Crippen LogP contribution in [0, 0.1) is 0 Å². The number of hydrogen-bond acceptors (Lipinski definition) is 4. The average molecular weight is 377 g/mol. The molecule has 0 bridgehead atoms. The smallest absolute Gasteiger partial charge is 0.102 e. The van der Waals surface area contributed by atoms with Gasteiger partial charge in [0.1, 0.15) is 6.54 Å². The fraction of sp³-hybridized carbons (Fsp3) is 1.00. The minimum atomic E-state index is 0.622. The molecule has 0 amide bonds. The zero-order chi connectivity index (χ0) is 19.3. The summed E-state index contributed by atoms with van der Waals surface area (Å²) in [6.07, 6.45) is 10.7. The first kappa shape index (κ1) is 25.8. The second kappa shape index (κ2) is 19.6. The SMILES string of the molecule is CCCCCCCCCCOCCOCCOCCOCC[N+](C)(C)C. The van der Waals surface area contributed by atoms with Crippen molar-refractivity contribution in [3.05, 3.63) is 0 Å². The highest BCUT2D eigenvalue weighted by Crippen LogP contribution is 2.08. The topological polar surface area (TPSA) is 36.9 Å². The number of hydrogen-bond donors (Lipinski definition) is 0. The lowest BCUT2D eigenvalue weighted by molar-refractivity contribution is -0.870. The fourth-order valence-corrected chi connectivity index (χ4v) is 2.44. The first-order valence-corrected chi connectivity index (χ1v) is 10.7. The predicted octanol–water partition coefficient (Wildman–Crippen LogP) is 3.90. The van der Waals surface area contributed by atoms with Gasteiger partial charge < -0.3 is 23.4 Å². The molecular weight excluding hydrogens is 330 g/mol. The molecule has 0 heterocycles. The van der Waals surface area contributed by atoms with Crippen LogP contribution in [-0.2, 0) is 18.9 Å². The Morgan fingerprint density at radius 1 is 0.462 bits per heavy atom. The molecular formula is C21H46NO4+. The molecule has 5 heteroatoms. The van der Waals surface area contributed by atoms with E-state index in [9.17, 15) is 0 Å². The molecule has 0 N–H and O–H groups in total. The predicted molar refractivity (Wildman–Crippen MR) is 109 cm³/mol. The lowest BCUT2D eigenvalue weighted by atomic mass is 10.1. The summed E-state index contributed by atoms with van der Waals surface area (Å²) < 4.78 is 23.0. The van der Waals surface area contributed by atoms with E-state index in [2.05, 4.69) is 28.1 Å². The lowest BCUT2D eigenvalue weighted by Gasteiger charge is -2.23. The van der Waals surface area contributed by atoms with Crippen LogP contribution in [0.15, 0.2) is 0 Å². The summed E-state index contributed by atoms with van der Waals surface area (Å²) in [5, 5.41) is 0. The van der Waals surface area contributed by atoms with Gasteiger partial charge in [-0.15, -0.1) is 0 Å². The molecule has 0 aliphatic heterocycles. The van der Waals surface area contributed by atoms with Gasteiger partial charge in [0.05, 0.1) is 67.4 Å². The Morgan fingerprint density at radius 2 is 0.846 bits per heavy atom. The van der Waals surface area contributed by atoms with Crippen LogP contribution in [0.2, 0.25) is 0 Å². The maximum atomic E-state index is 5.59. The molecule has 0 spiro atoms. The number of ether oxygens (including phenoxy) is 4. The zero-order valence-electron chi connectivity index (χ0n) is 18.1. The van der Waals surface area contributed by atoms with Gasteiger partial charge >= 0.3 is 0 Å². The number of quaternary nitrogens is 1. The van der Waals surface area contributed by atoms with Crippen molar-refractivity contribution in [3.63, 3.8) is 0 Å². The Hall–Kier alpha value is -0.200. The van der Waals surface area contributed by atoms with Crippen molar-refractivity contribution >= 4 is 0 Å². The number of rotatable bonds is 21. The third-order valence-electron chi connectivity index (χ3n) is 4.16. The molecule has 0 aliphatic carbocycles. The maximum Gasteiger partial charge on any atom is 0.102 e. The second-order valence-corrected chi connectivity index (χ2v) is 7.94. The van der Waals surface area contributed by atoms with Gasteiger partial charge in [-0.3, -0.25) is 0 Å². The molecule has 0 saturated carbocycles. The van der Waals surface area contributed by atoms with E-state index in [1.165, 1.54) is 51.4 Å². The fourth-order valence-electron chi connectivity index (χ4n) is 2.44. The van der Waals surface area contributed by atoms with Gasteiger partial charge in [0.2, 0.25) is 0 Å². The van der Waals surface area contributed by atoms with Crippen molar-refractivity contribution in [1.29, 1.82) is 0 Å². The van der Waals surface area contributed by atoms with Crippen LogP contribution in [0.1, 0.15) is 58.3 Å². The van der Waals surface area contributed by atoms with Crippen molar-refractivity contribution < 1.29 is 23.4 Å². The summed E-state index contributed by atoms with van der Waals surface area (Å²) in [5.41, 5.74) is 0. The molecule has 0 aliphatic rings. The van der Waals surface area contributed by atoms with Crippen molar-refractivity contribution in [2.75, 3.05) is 80.5 Å². The summed E-state index contributed by atoms with van der Waals surface area (Å²) in [4.78, 5) is 0. The second-order valence-electron chi connectivity index (χ2n) is 7.94. The highest BCUT2D eigenvalue weighted by atomic mass is 16.6. The molecule has 0 atom stereocenters. The van der Waals surface area contributed by atoms with Gasteiger partial charge in [-0.1, -0.05) is 51.9 Å². The number of unbranched alkanes of at least 4 members (excludes halogenated alkanes) is 7. The van der Waals surface area contributed by atoms with E-state index in [0.29, 0.717) is 39.6 Å². The Labute approximate surface area is 162 Å². The zero-order valence-corrected chi connectivity index (χ0v) is 18.1. The Morgan fingerprint density at radius 3 is 1.31 bits per heavy atom. The molecule has 0 aromatic heterocycles. The van der Waals surface area contributed by atoms with E-state index in [4.69, 9.17) is 18.9 Å². The van der Waals surface area contributed by atoms with E-state index in [-0.39, 0.29) is 0 Å². The maximum absolute atomic E-state index is 5.59. The van der Waals surface area contributed by atoms with Gasteiger partial charge in [-0.2, -0.15) is 0 Å². The van der Waals surface area contributed by atoms with Crippen LogP contribution in [0.5, 0.6) is 0 Å². The molecule has 0 aromatic rings. The molecule has 0 radical (unpaired) electrons. The first-order chi connectivity index (χ1) is 12.6. The summed E-state index contributed by atoms with van der Waals surface area (Å²) in [6, 6.07) is 0. The average Bonchev–Trinajstić information content (AvgIpc) is 2.59. The Bertz CT molecular complexity index is 269. The van der Waals surface area contributed by atoms with E-state index in [1.807, 2.05) is 0 Å². The van der Waals surface area contributed by atoms with E-state index < -0.39 is 0 Å². The lowest BCUT2D eigenvalue weighted by Crippen LogP contribution is -2.37. The molecule has 5 nitrogen and oxygen atoms in total. The molecule has 0 saturated heterocycles. The van der Waals surface area contributed by atoms with Crippen molar-refractivity contribution in [1.82, 2.24) is 0 Å². The molecule has 0 unspecified atom stereocenters. The molecule has 0 aromatic carbocycles. The van der Waals surface area contributed by atoms with Crippen LogP contribution < -0.4 is 0 Å². The van der Waals surface area contributed by atoms with Gasteiger partial charge in [0.25, 0.3) is 0 Å². The summed E-state index contributed by atoms with van der Waals surface area (Å²) >= 11 is 0. The van der Waals surface area contributed by atoms with E-state index in [1.54, 1.807) is 0 Å². The minimum Gasteiger partial charge on any atom is -0.379 e. The van der Waals surface area contributed by atoms with Gasteiger partial charge in [-0.05, 0) is 6.42 Å². The summed E-state index contributed by atoms with van der Waals surface area (Å²) in [5.74, 6) is 0. The minimum absolute atomic E-state index is 0.622. The molecule has 158 valence electrons. The monoisotopic (exact) mass is 376 g/mol. The van der Waals surface area contributed by atoms with Crippen molar-refractivity contribution in [2.45, 2.75) is 58.3 Å². The van der Waals surface area contributed by atoms with E-state index in [0.717, 1.165) is 24.2 Å². The van der Waals surface area contributed by atoms with Gasteiger partial charge in [0, 0.05) is 6.61 Å². The van der Waals surface area contributed by atoms with Crippen LogP contribution in [0.4, 0.5) is 0 Å². The van der Waals surface area contributed by atoms with Crippen LogP contribution in [0.3, 0.4) is 0 Å². The first-order valence-electron chi connectivity index (χ1n) is 10.7. The summed E-state index contributed by atoms with van der Waals surface area (Å²) in [6.45, 7) is 8.79. The molecule has 0 fully saturated rings. The Kier molecular flexibility index (Phi) is 19.4. The van der Waals surface area contributed by atoms with E-state index >= 15 is 0 Å². The summed E-state index contributed by atoms with van der Waals surface area (Å²) in [7, 11) is 6.49. The largest absolute Gasteiger partial charge is 0.379 e. The standard InChI is InChI=1S/C21H46NO4/c1-5-6-7-8-9-10-11-12-14-23-16-18-25-20-21-26-19-17-24-15-13-22(2,3)4/h5-21H2,1-4H3/q+1. The van der Waals surface area contributed by atoms with Gasteiger partial charge in [-0.25, -0.2) is 0 Å². The van der Waals surface area contributed by atoms with Crippen LogP contribution in [-0.4, -0.2) is 85.0 Å². The highest BCUT2D eigenvalue weighted by Gasteiger charge is 2.05. The van der Waals surface area contributed by atoms with Crippen LogP contribution >= 0.6 is 0 Å². The normalized spacial score (nSPS) is 12.0. The highest BCUT2D eigenvalue weighted by molar-refractivity contribution is 4.46. The van der Waals surface area contributed by atoms with Crippen molar-refractivity contribution in [3.8, 4) is 0 Å². The number of nitrogens with zero attached hydrogens (tertiary/aromatic N) is 1. The third kappa shape index (κ3) is 23.8. The third-order valence-corrected chi connectivity index (χ3v) is 4.16. The number of likely N-dealkylation sites (N-methyl/N-ethyl adjacent to an activating group) is 1. The molecule has 0 rings (SSSR count). The quantitative estimate of drug-likeness (QED) is 0.225. The Balaban J connectivity index is 3.01. The van der Waals surface area contributed by atoms with Gasteiger partial charge in [0.15, 0.2) is 0 Å². The molecule has 26 heavy (non-hydrogen) atoms. The van der Waals surface area contributed by atoms with Crippen molar-refractivity contribution in [2.24, 2.45) is 0 Å².